The van der Waals surface area contributed by atoms with Gasteiger partial charge < -0.3 is 10.0 Å². The molecule has 0 aliphatic carbocycles. The van der Waals surface area contributed by atoms with E-state index in [1.54, 1.807) is 10.7 Å². The molecule has 1 saturated heterocycles. The van der Waals surface area contributed by atoms with Crippen molar-refractivity contribution >= 4 is 16.7 Å². The van der Waals surface area contributed by atoms with E-state index >= 15 is 0 Å². The third-order valence-corrected chi connectivity index (χ3v) is 4.79. The fourth-order valence-electron chi connectivity index (χ4n) is 3.51. The average Bonchev–Trinajstić information content (AvgIpc) is 3.20. The highest BCUT2D eigenvalue weighted by atomic mass is 19.1. The van der Waals surface area contributed by atoms with E-state index in [9.17, 15) is 9.50 Å². The molecule has 1 aliphatic heterocycles. The van der Waals surface area contributed by atoms with E-state index in [-0.39, 0.29) is 24.3 Å². The van der Waals surface area contributed by atoms with E-state index in [1.165, 1.54) is 12.1 Å². The normalized spacial score (nSPS) is 20.9. The Balaban J connectivity index is 1.65. The van der Waals surface area contributed by atoms with Crippen LogP contribution in [0.5, 0.6) is 0 Å². The van der Waals surface area contributed by atoms with Crippen LogP contribution in [0.2, 0.25) is 0 Å². The molecule has 5 nitrogen and oxygen atoms in total. The van der Waals surface area contributed by atoms with Crippen LogP contribution in [0, 0.1) is 11.7 Å². The lowest BCUT2D eigenvalue weighted by Gasteiger charge is -2.17. The van der Waals surface area contributed by atoms with Crippen molar-refractivity contribution in [2.24, 2.45) is 13.0 Å². The maximum atomic E-state index is 13.5. The Kier molecular flexibility index (Phi) is 3.69. The van der Waals surface area contributed by atoms with Crippen LogP contribution in [0.4, 0.5) is 10.2 Å². The smallest absolute Gasteiger partial charge is 0.129 e. The molecule has 0 unspecified atom stereocenters. The second-order valence-corrected chi connectivity index (χ2v) is 6.41. The first-order valence-electron chi connectivity index (χ1n) is 8.04. The van der Waals surface area contributed by atoms with E-state index in [0.29, 0.717) is 5.52 Å². The highest BCUT2D eigenvalue weighted by Crippen LogP contribution is 2.34. The van der Waals surface area contributed by atoms with Gasteiger partial charge in [-0.25, -0.2) is 9.37 Å². The van der Waals surface area contributed by atoms with Crippen LogP contribution in [0.25, 0.3) is 10.9 Å². The molecular weight excluding hydrogens is 307 g/mol. The Morgan fingerprint density at radius 2 is 2.08 bits per heavy atom. The van der Waals surface area contributed by atoms with Crippen LogP contribution < -0.4 is 4.90 Å². The van der Waals surface area contributed by atoms with E-state index < -0.39 is 0 Å². The maximum absolute atomic E-state index is 13.5. The molecule has 4 rings (SSSR count). The number of aliphatic hydroxyl groups is 1. The van der Waals surface area contributed by atoms with E-state index in [1.807, 2.05) is 31.6 Å². The van der Waals surface area contributed by atoms with Gasteiger partial charge in [-0.1, -0.05) is 0 Å². The fraction of sp³-hybridized carbons (Fsp3) is 0.333. The molecule has 24 heavy (non-hydrogen) atoms. The third kappa shape index (κ3) is 2.63. The number of hydrogen-bond acceptors (Lipinski definition) is 4. The summed E-state index contributed by atoms with van der Waals surface area (Å²) < 4.78 is 15.2. The van der Waals surface area contributed by atoms with Crippen LogP contribution in [-0.2, 0) is 7.05 Å². The summed E-state index contributed by atoms with van der Waals surface area (Å²) in [6, 6.07) is 8.56. The first kappa shape index (κ1) is 15.1. The number of aromatic nitrogens is 3. The number of halogens is 1. The summed E-state index contributed by atoms with van der Waals surface area (Å²) in [5.41, 5.74) is 1.78. The number of fused-ring (bicyclic) bond motifs is 1. The number of benzene rings is 1. The minimum atomic E-state index is -0.282. The van der Waals surface area contributed by atoms with Crippen LogP contribution in [0.15, 0.2) is 42.7 Å². The number of pyridine rings is 1. The molecule has 1 aromatic carbocycles. The Hall–Kier alpha value is -2.47. The highest BCUT2D eigenvalue weighted by molar-refractivity contribution is 5.80. The monoisotopic (exact) mass is 326 g/mol. The molecule has 0 saturated carbocycles. The summed E-state index contributed by atoms with van der Waals surface area (Å²) in [5.74, 6) is 0.890. The first-order chi connectivity index (χ1) is 11.6. The largest absolute Gasteiger partial charge is 0.396 e. The Labute approximate surface area is 139 Å². The van der Waals surface area contributed by atoms with E-state index in [2.05, 4.69) is 15.0 Å². The average molecular weight is 326 g/mol. The molecule has 2 aromatic heterocycles. The van der Waals surface area contributed by atoms with Crippen LogP contribution in [0.3, 0.4) is 0 Å². The number of aliphatic hydroxyl groups excluding tert-OH is 1. The minimum absolute atomic E-state index is 0.123. The summed E-state index contributed by atoms with van der Waals surface area (Å²) >= 11 is 0. The van der Waals surface area contributed by atoms with Gasteiger partial charge >= 0.3 is 0 Å². The SMILES string of the molecule is Cn1cc([C@@H]2CN(c3ccc4ccc(F)cc4n3)C[C@H]2CO)cn1. The maximum Gasteiger partial charge on any atom is 0.129 e. The second kappa shape index (κ2) is 5.87. The number of aryl methyl sites for hydroxylation is 1. The highest BCUT2D eigenvalue weighted by Gasteiger charge is 2.34. The lowest BCUT2D eigenvalue weighted by Crippen LogP contribution is -2.21. The fourth-order valence-corrected chi connectivity index (χ4v) is 3.51. The zero-order valence-corrected chi connectivity index (χ0v) is 13.4. The third-order valence-electron chi connectivity index (χ3n) is 4.79. The van der Waals surface area contributed by atoms with Crippen molar-refractivity contribution in [1.82, 2.24) is 14.8 Å². The Morgan fingerprint density at radius 3 is 2.83 bits per heavy atom. The van der Waals surface area contributed by atoms with Gasteiger partial charge in [-0.15, -0.1) is 0 Å². The van der Waals surface area contributed by atoms with Crippen molar-refractivity contribution < 1.29 is 9.50 Å². The second-order valence-electron chi connectivity index (χ2n) is 6.41. The van der Waals surface area contributed by atoms with E-state index in [4.69, 9.17) is 0 Å². The summed E-state index contributed by atoms with van der Waals surface area (Å²) in [6.45, 7) is 1.62. The van der Waals surface area contributed by atoms with Gasteiger partial charge in [0.15, 0.2) is 0 Å². The number of anilines is 1. The zero-order chi connectivity index (χ0) is 16.7. The number of hydrogen-bond donors (Lipinski definition) is 1. The van der Waals surface area contributed by atoms with Gasteiger partial charge in [0, 0.05) is 56.2 Å². The molecule has 6 heteroatoms. The molecule has 1 aliphatic rings. The molecule has 0 bridgehead atoms. The molecular formula is C18H19FN4O. The lowest BCUT2D eigenvalue weighted by molar-refractivity contribution is 0.227. The first-order valence-corrected chi connectivity index (χ1v) is 8.04. The van der Waals surface area contributed by atoms with E-state index in [0.717, 1.165) is 29.9 Å². The van der Waals surface area contributed by atoms with Crippen molar-refractivity contribution in [3.05, 3.63) is 54.1 Å². The van der Waals surface area contributed by atoms with Gasteiger partial charge in [0.2, 0.25) is 0 Å². The van der Waals surface area contributed by atoms with Crippen molar-refractivity contribution in [3.8, 4) is 0 Å². The topological polar surface area (TPSA) is 54.2 Å². The van der Waals surface area contributed by atoms with Crippen molar-refractivity contribution in [1.29, 1.82) is 0 Å². The zero-order valence-electron chi connectivity index (χ0n) is 13.4. The predicted molar refractivity (Wildman–Crippen MR) is 90.4 cm³/mol. The molecule has 0 spiro atoms. The quantitative estimate of drug-likeness (QED) is 0.802. The van der Waals surface area contributed by atoms with Crippen LogP contribution in [0.1, 0.15) is 11.5 Å². The minimum Gasteiger partial charge on any atom is -0.396 e. The van der Waals surface area contributed by atoms with Gasteiger partial charge in [0.1, 0.15) is 11.6 Å². The van der Waals surface area contributed by atoms with Gasteiger partial charge in [-0.3, -0.25) is 4.68 Å². The summed E-state index contributed by atoms with van der Waals surface area (Å²) in [4.78, 5) is 6.76. The molecule has 1 fully saturated rings. The van der Waals surface area contributed by atoms with Crippen LogP contribution in [-0.4, -0.2) is 39.6 Å². The predicted octanol–water partition coefficient (Wildman–Crippen LogP) is 2.32. The van der Waals surface area contributed by atoms with Gasteiger partial charge in [-0.05, 0) is 29.8 Å². The molecule has 3 aromatic rings. The molecule has 0 radical (unpaired) electrons. The molecule has 1 N–H and O–H groups in total. The molecule has 2 atom stereocenters. The number of rotatable bonds is 3. The number of nitrogens with zero attached hydrogens (tertiary/aromatic N) is 4. The molecule has 0 amide bonds. The van der Waals surface area contributed by atoms with Crippen molar-refractivity contribution in [2.45, 2.75) is 5.92 Å². The van der Waals surface area contributed by atoms with Crippen LogP contribution >= 0.6 is 0 Å². The molecule has 3 heterocycles. The summed E-state index contributed by atoms with van der Waals surface area (Å²) in [5, 5.41) is 14.9. The standard InChI is InChI=1S/C18H19FN4O/c1-22-8-13(7-20-22)16-10-23(9-14(16)11-24)18-5-3-12-2-4-15(19)6-17(12)21-18/h2-8,14,16,24H,9-11H2,1H3/t14-,16-/m0/s1. The van der Waals surface area contributed by atoms with Gasteiger partial charge in [0.05, 0.1) is 11.7 Å². The van der Waals surface area contributed by atoms with Crippen molar-refractivity contribution in [2.75, 3.05) is 24.6 Å². The molecule has 124 valence electrons. The summed E-state index contributed by atoms with van der Waals surface area (Å²) in [7, 11) is 1.89. The van der Waals surface area contributed by atoms with Gasteiger partial charge in [-0.2, -0.15) is 5.10 Å². The lowest BCUT2D eigenvalue weighted by atomic mass is 9.92. The summed E-state index contributed by atoms with van der Waals surface area (Å²) in [6.07, 6.45) is 3.86. The van der Waals surface area contributed by atoms with Gasteiger partial charge in [0.25, 0.3) is 0 Å². The Morgan fingerprint density at radius 1 is 1.25 bits per heavy atom. The van der Waals surface area contributed by atoms with Crippen molar-refractivity contribution in [3.63, 3.8) is 0 Å². The Bertz CT molecular complexity index is 878.